The van der Waals surface area contributed by atoms with Crippen molar-refractivity contribution in [3.8, 4) is 5.75 Å². The van der Waals surface area contributed by atoms with Gasteiger partial charge < -0.3 is 5.11 Å². The van der Waals surface area contributed by atoms with E-state index in [4.69, 9.17) is 5.11 Å². The van der Waals surface area contributed by atoms with Crippen molar-refractivity contribution in [1.82, 2.24) is 0 Å². The number of aromatic hydroxyl groups is 1. The SMILES string of the molecule is O=c1c(O)c(F)c(F)c(F)c(F)c1F. The standard InChI is InChI=1S/C7HF5O2/c8-1-2(9)4(11)6(13)7(14)5(12)3(1)10/h(H,13,14). The van der Waals surface area contributed by atoms with Gasteiger partial charge in [0.2, 0.25) is 34.8 Å². The first-order valence-corrected chi connectivity index (χ1v) is 3.12. The van der Waals surface area contributed by atoms with Crippen LogP contribution >= 0.6 is 0 Å². The highest BCUT2D eigenvalue weighted by molar-refractivity contribution is 5.25. The first-order chi connectivity index (χ1) is 6.37. The Kier molecular flexibility index (Phi) is 2.41. The highest BCUT2D eigenvalue weighted by Crippen LogP contribution is 2.18. The van der Waals surface area contributed by atoms with E-state index >= 15 is 0 Å². The summed E-state index contributed by atoms with van der Waals surface area (Å²) in [5.41, 5.74) is -2.15. The minimum atomic E-state index is -2.50. The minimum Gasteiger partial charge on any atom is -0.502 e. The van der Waals surface area contributed by atoms with Gasteiger partial charge in [-0.3, -0.25) is 4.79 Å². The molecule has 0 amide bonds. The lowest BCUT2D eigenvalue weighted by molar-refractivity contribution is 0.382. The van der Waals surface area contributed by atoms with Crippen LogP contribution in [0.1, 0.15) is 0 Å². The molecule has 0 fully saturated rings. The van der Waals surface area contributed by atoms with Gasteiger partial charge in [-0.1, -0.05) is 0 Å². The van der Waals surface area contributed by atoms with E-state index in [2.05, 4.69) is 0 Å². The molecule has 1 aromatic carbocycles. The van der Waals surface area contributed by atoms with E-state index in [9.17, 15) is 26.7 Å². The van der Waals surface area contributed by atoms with E-state index in [0.717, 1.165) is 0 Å². The first-order valence-electron chi connectivity index (χ1n) is 3.12. The van der Waals surface area contributed by atoms with Crippen LogP contribution in [-0.2, 0) is 0 Å². The highest BCUT2D eigenvalue weighted by Gasteiger charge is 2.23. The molecule has 0 heterocycles. The van der Waals surface area contributed by atoms with Gasteiger partial charge in [0.1, 0.15) is 0 Å². The van der Waals surface area contributed by atoms with Gasteiger partial charge >= 0.3 is 0 Å². The fourth-order valence-electron chi connectivity index (χ4n) is 0.696. The second-order valence-corrected chi connectivity index (χ2v) is 2.25. The van der Waals surface area contributed by atoms with Gasteiger partial charge in [0, 0.05) is 0 Å². The topological polar surface area (TPSA) is 37.3 Å². The Morgan fingerprint density at radius 1 is 0.714 bits per heavy atom. The van der Waals surface area contributed by atoms with Gasteiger partial charge in [-0.25, -0.2) is 13.2 Å². The van der Waals surface area contributed by atoms with Crippen molar-refractivity contribution < 1.29 is 27.1 Å². The lowest BCUT2D eigenvalue weighted by Crippen LogP contribution is -2.05. The predicted molar refractivity (Wildman–Crippen MR) is 34.2 cm³/mol. The zero-order valence-electron chi connectivity index (χ0n) is 6.25. The molecule has 0 spiro atoms. The van der Waals surface area contributed by atoms with Gasteiger partial charge in [-0.05, 0) is 0 Å². The number of halogens is 5. The van der Waals surface area contributed by atoms with Crippen LogP contribution in [0.25, 0.3) is 0 Å². The molecule has 0 bridgehead atoms. The average molecular weight is 212 g/mol. The lowest BCUT2D eigenvalue weighted by Gasteiger charge is -1.87. The van der Waals surface area contributed by atoms with E-state index in [1.165, 1.54) is 0 Å². The Hall–Kier alpha value is -1.66. The smallest absolute Gasteiger partial charge is 0.261 e. The summed E-state index contributed by atoms with van der Waals surface area (Å²) in [6, 6.07) is 0. The van der Waals surface area contributed by atoms with Crippen molar-refractivity contribution in [2.24, 2.45) is 0 Å². The van der Waals surface area contributed by atoms with Gasteiger partial charge in [0.15, 0.2) is 0 Å². The molecule has 0 saturated carbocycles. The van der Waals surface area contributed by atoms with Gasteiger partial charge in [-0.15, -0.1) is 0 Å². The van der Waals surface area contributed by atoms with Crippen LogP contribution in [-0.4, -0.2) is 5.11 Å². The summed E-state index contributed by atoms with van der Waals surface area (Å²) in [6.07, 6.45) is 0. The van der Waals surface area contributed by atoms with E-state index in [1.807, 2.05) is 0 Å². The maximum Gasteiger partial charge on any atom is 0.261 e. The lowest BCUT2D eigenvalue weighted by atomic mass is 10.4. The molecule has 0 saturated heterocycles. The number of hydrogen-bond donors (Lipinski definition) is 1. The summed E-state index contributed by atoms with van der Waals surface area (Å²) >= 11 is 0. The number of hydrogen-bond acceptors (Lipinski definition) is 2. The molecule has 7 heteroatoms. The van der Waals surface area contributed by atoms with E-state index in [0.29, 0.717) is 0 Å². The summed E-state index contributed by atoms with van der Waals surface area (Å²) in [5.74, 6) is -14.2. The Bertz CT molecular complexity index is 417. The van der Waals surface area contributed by atoms with Crippen LogP contribution in [0, 0.1) is 29.1 Å². The number of rotatable bonds is 0. The van der Waals surface area contributed by atoms with Crippen molar-refractivity contribution >= 4 is 0 Å². The molecule has 0 aliphatic rings. The minimum absolute atomic E-state index is 2.01. The molecule has 1 rings (SSSR count). The summed E-state index contributed by atoms with van der Waals surface area (Å²) in [7, 11) is 0. The Morgan fingerprint density at radius 2 is 1.07 bits per heavy atom. The quantitative estimate of drug-likeness (QED) is 0.661. The Balaban J connectivity index is 3.96. The Labute approximate surface area is 73.2 Å². The van der Waals surface area contributed by atoms with Gasteiger partial charge in [-0.2, -0.15) is 8.78 Å². The summed E-state index contributed by atoms with van der Waals surface area (Å²) in [6.45, 7) is 0. The fraction of sp³-hybridized carbons (Fsp3) is 0. The highest BCUT2D eigenvalue weighted by atomic mass is 19.2. The third-order valence-corrected chi connectivity index (χ3v) is 1.39. The van der Waals surface area contributed by atoms with Crippen molar-refractivity contribution in [3.63, 3.8) is 0 Å². The second-order valence-electron chi connectivity index (χ2n) is 2.25. The molecule has 76 valence electrons. The molecule has 2 nitrogen and oxygen atoms in total. The van der Waals surface area contributed by atoms with Crippen molar-refractivity contribution in [2.75, 3.05) is 0 Å². The largest absolute Gasteiger partial charge is 0.502 e. The molecule has 0 unspecified atom stereocenters. The maximum absolute atomic E-state index is 12.5. The summed E-state index contributed by atoms with van der Waals surface area (Å²) in [5, 5.41) is 8.48. The van der Waals surface area contributed by atoms with E-state index in [-0.39, 0.29) is 0 Å². The van der Waals surface area contributed by atoms with Crippen molar-refractivity contribution in [3.05, 3.63) is 39.3 Å². The molecule has 0 atom stereocenters. The molecular formula is C7HF5O2. The molecule has 0 aliphatic heterocycles. The van der Waals surface area contributed by atoms with Crippen LogP contribution in [0.15, 0.2) is 4.79 Å². The van der Waals surface area contributed by atoms with Crippen LogP contribution in [0.2, 0.25) is 0 Å². The summed E-state index contributed by atoms with van der Waals surface area (Å²) < 4.78 is 62.0. The normalized spacial score (nSPS) is 10.4. The third kappa shape index (κ3) is 1.30. The maximum atomic E-state index is 12.5. The molecular weight excluding hydrogens is 211 g/mol. The fourth-order valence-corrected chi connectivity index (χ4v) is 0.696. The third-order valence-electron chi connectivity index (χ3n) is 1.39. The first kappa shape index (κ1) is 10.4. The Morgan fingerprint density at radius 3 is 1.57 bits per heavy atom. The van der Waals surface area contributed by atoms with Gasteiger partial charge in [0.25, 0.3) is 5.43 Å². The van der Waals surface area contributed by atoms with Crippen LogP contribution in [0.5, 0.6) is 5.75 Å². The molecule has 1 N–H and O–H groups in total. The predicted octanol–water partition coefficient (Wildman–Crippen LogP) is 1.45. The van der Waals surface area contributed by atoms with E-state index in [1.54, 1.807) is 0 Å². The average Bonchev–Trinajstić information content (AvgIpc) is 2.23. The monoisotopic (exact) mass is 212 g/mol. The molecule has 0 radical (unpaired) electrons. The van der Waals surface area contributed by atoms with Gasteiger partial charge in [0.05, 0.1) is 0 Å². The summed E-state index contributed by atoms with van der Waals surface area (Å²) in [4.78, 5) is 10.5. The molecule has 0 aliphatic carbocycles. The van der Waals surface area contributed by atoms with Crippen LogP contribution in [0.3, 0.4) is 0 Å². The zero-order valence-corrected chi connectivity index (χ0v) is 6.25. The van der Waals surface area contributed by atoms with Crippen molar-refractivity contribution in [2.45, 2.75) is 0 Å². The second kappa shape index (κ2) is 3.24. The zero-order chi connectivity index (χ0) is 11.0. The molecule has 1 aromatic rings. The van der Waals surface area contributed by atoms with E-state index < -0.39 is 40.3 Å². The molecule has 14 heavy (non-hydrogen) atoms. The molecule has 0 aromatic heterocycles. The van der Waals surface area contributed by atoms with Crippen molar-refractivity contribution in [1.29, 1.82) is 0 Å². The van der Waals surface area contributed by atoms with Crippen LogP contribution < -0.4 is 5.43 Å². The van der Waals surface area contributed by atoms with Crippen LogP contribution in [0.4, 0.5) is 22.0 Å².